The van der Waals surface area contributed by atoms with Crippen LogP contribution < -0.4 is 10.5 Å². The van der Waals surface area contributed by atoms with E-state index >= 15 is 0 Å². The van der Waals surface area contributed by atoms with E-state index in [1.54, 1.807) is 14.0 Å². The maximum Gasteiger partial charge on any atom is 0.215 e. The first-order chi connectivity index (χ1) is 6.99. The zero-order chi connectivity index (χ0) is 11.5. The molecule has 0 aromatic carbocycles. The molecule has 0 bridgehead atoms. The van der Waals surface area contributed by atoms with Crippen LogP contribution in [0.1, 0.15) is 26.2 Å². The van der Waals surface area contributed by atoms with Gasteiger partial charge >= 0.3 is 0 Å². The fraction of sp³-hybridized carbons (Fsp3) is 1.00. The minimum atomic E-state index is -3.26. The molecule has 6 heteroatoms. The first kappa shape index (κ1) is 12.9. The van der Waals surface area contributed by atoms with Crippen LogP contribution in [0.4, 0.5) is 0 Å². The van der Waals surface area contributed by atoms with Gasteiger partial charge in [0.05, 0.1) is 11.4 Å². The fourth-order valence-corrected chi connectivity index (χ4v) is 2.90. The highest BCUT2D eigenvalue weighted by atomic mass is 32.2. The Morgan fingerprint density at radius 1 is 1.53 bits per heavy atom. The molecule has 0 aromatic rings. The summed E-state index contributed by atoms with van der Waals surface area (Å²) in [5.41, 5.74) is 5.34. The molecule has 0 heterocycles. The second kappa shape index (κ2) is 5.25. The van der Waals surface area contributed by atoms with Gasteiger partial charge in [0.15, 0.2) is 0 Å². The summed E-state index contributed by atoms with van der Waals surface area (Å²) in [5.74, 6) is 0. The van der Waals surface area contributed by atoms with Gasteiger partial charge < -0.3 is 10.5 Å². The van der Waals surface area contributed by atoms with Crippen LogP contribution in [0.15, 0.2) is 0 Å². The predicted octanol–water partition coefficient (Wildman–Crippen LogP) is -0.179. The Labute approximate surface area is 91.4 Å². The number of methoxy groups -OCH3 is 1. The topological polar surface area (TPSA) is 81.4 Å². The van der Waals surface area contributed by atoms with Gasteiger partial charge in [-0.2, -0.15) is 0 Å². The molecule has 0 amide bonds. The van der Waals surface area contributed by atoms with Crippen molar-refractivity contribution < 1.29 is 13.2 Å². The Morgan fingerprint density at radius 2 is 2.20 bits per heavy atom. The molecule has 3 unspecified atom stereocenters. The highest BCUT2D eigenvalue weighted by molar-refractivity contribution is 7.90. The number of nitrogens with two attached hydrogens (primary N) is 1. The van der Waals surface area contributed by atoms with Gasteiger partial charge in [-0.25, -0.2) is 13.1 Å². The first-order valence-electron chi connectivity index (χ1n) is 5.23. The first-order valence-corrected chi connectivity index (χ1v) is 6.78. The molecule has 15 heavy (non-hydrogen) atoms. The molecule has 0 aliphatic heterocycles. The molecule has 1 aliphatic carbocycles. The summed E-state index contributed by atoms with van der Waals surface area (Å²) < 4.78 is 31.2. The third kappa shape index (κ3) is 3.41. The van der Waals surface area contributed by atoms with Crippen LogP contribution in [-0.4, -0.2) is 39.5 Å². The van der Waals surface area contributed by atoms with E-state index in [9.17, 15) is 8.42 Å². The maximum atomic E-state index is 11.7. The van der Waals surface area contributed by atoms with Crippen molar-refractivity contribution in [2.24, 2.45) is 5.73 Å². The van der Waals surface area contributed by atoms with Crippen molar-refractivity contribution in [2.45, 2.75) is 43.6 Å². The van der Waals surface area contributed by atoms with Gasteiger partial charge in [0.2, 0.25) is 10.0 Å². The number of sulfonamides is 1. The van der Waals surface area contributed by atoms with E-state index in [-0.39, 0.29) is 18.7 Å². The number of hydrogen-bond donors (Lipinski definition) is 2. The minimum Gasteiger partial charge on any atom is -0.381 e. The van der Waals surface area contributed by atoms with Gasteiger partial charge in [0.25, 0.3) is 0 Å². The monoisotopic (exact) mass is 236 g/mol. The number of nitrogens with one attached hydrogen (secondary N) is 1. The van der Waals surface area contributed by atoms with E-state index in [1.165, 1.54) is 0 Å². The standard InChI is InChI=1S/C9H20N2O3S/c1-7(6-10)15(12,13)11-8-3-4-9(5-8)14-2/h7-9,11H,3-6,10H2,1-2H3. The second-order valence-electron chi connectivity index (χ2n) is 4.08. The lowest BCUT2D eigenvalue weighted by Crippen LogP contribution is -2.41. The summed E-state index contributed by atoms with van der Waals surface area (Å²) >= 11 is 0. The number of hydrogen-bond acceptors (Lipinski definition) is 4. The molecular weight excluding hydrogens is 216 g/mol. The van der Waals surface area contributed by atoms with Gasteiger partial charge in [-0.15, -0.1) is 0 Å². The van der Waals surface area contributed by atoms with Crippen molar-refractivity contribution in [3.8, 4) is 0 Å². The van der Waals surface area contributed by atoms with Crippen molar-refractivity contribution in [3.63, 3.8) is 0 Å². The van der Waals surface area contributed by atoms with Crippen molar-refractivity contribution in [1.29, 1.82) is 0 Å². The zero-order valence-corrected chi connectivity index (χ0v) is 10.1. The van der Waals surface area contributed by atoms with Crippen LogP contribution in [0.25, 0.3) is 0 Å². The van der Waals surface area contributed by atoms with Gasteiger partial charge in [0, 0.05) is 19.7 Å². The molecule has 1 rings (SSSR count). The molecule has 0 saturated heterocycles. The Hall–Kier alpha value is -0.170. The third-order valence-corrected chi connectivity index (χ3v) is 4.82. The van der Waals surface area contributed by atoms with Crippen molar-refractivity contribution in [3.05, 3.63) is 0 Å². The molecule has 3 atom stereocenters. The SMILES string of the molecule is COC1CCC(NS(=O)(=O)C(C)CN)C1. The van der Waals surface area contributed by atoms with E-state index in [4.69, 9.17) is 10.5 Å². The number of rotatable bonds is 5. The lowest BCUT2D eigenvalue weighted by molar-refractivity contribution is 0.107. The highest BCUT2D eigenvalue weighted by Gasteiger charge is 2.29. The van der Waals surface area contributed by atoms with Crippen LogP contribution in [0.2, 0.25) is 0 Å². The molecule has 0 spiro atoms. The zero-order valence-electron chi connectivity index (χ0n) is 9.27. The second-order valence-corrected chi connectivity index (χ2v) is 6.21. The lowest BCUT2D eigenvalue weighted by Gasteiger charge is -2.16. The summed E-state index contributed by atoms with van der Waals surface area (Å²) in [6, 6.07) is 0.00829. The molecule has 1 aliphatic rings. The molecule has 3 N–H and O–H groups in total. The van der Waals surface area contributed by atoms with Crippen molar-refractivity contribution in [1.82, 2.24) is 4.72 Å². The summed E-state index contributed by atoms with van der Waals surface area (Å²) in [5, 5.41) is -0.529. The smallest absolute Gasteiger partial charge is 0.215 e. The van der Waals surface area contributed by atoms with Gasteiger partial charge in [-0.05, 0) is 26.2 Å². The van der Waals surface area contributed by atoms with Crippen LogP contribution >= 0.6 is 0 Å². The molecule has 5 nitrogen and oxygen atoms in total. The average molecular weight is 236 g/mol. The van der Waals surface area contributed by atoms with Crippen LogP contribution in [0.3, 0.4) is 0 Å². The van der Waals surface area contributed by atoms with E-state index < -0.39 is 15.3 Å². The third-order valence-electron chi connectivity index (χ3n) is 2.91. The summed E-state index contributed by atoms with van der Waals surface area (Å²) in [6.07, 6.45) is 2.70. The molecule has 1 fully saturated rings. The Kier molecular flexibility index (Phi) is 4.51. The van der Waals surface area contributed by atoms with Gasteiger partial charge in [-0.3, -0.25) is 0 Å². The molecule has 1 saturated carbocycles. The summed E-state index contributed by atoms with van der Waals surface area (Å²) in [4.78, 5) is 0. The van der Waals surface area contributed by atoms with Crippen LogP contribution in [-0.2, 0) is 14.8 Å². The molecular formula is C9H20N2O3S. The van der Waals surface area contributed by atoms with Gasteiger partial charge in [0.1, 0.15) is 0 Å². The average Bonchev–Trinajstić information content (AvgIpc) is 2.63. The molecule has 0 radical (unpaired) electrons. The van der Waals surface area contributed by atoms with Gasteiger partial charge in [-0.1, -0.05) is 0 Å². The Balaban J connectivity index is 2.49. The van der Waals surface area contributed by atoms with Crippen molar-refractivity contribution in [2.75, 3.05) is 13.7 Å². The molecule has 90 valence electrons. The highest BCUT2D eigenvalue weighted by Crippen LogP contribution is 2.22. The van der Waals surface area contributed by atoms with E-state index in [2.05, 4.69) is 4.72 Å². The Bertz CT molecular complexity index is 292. The summed E-state index contributed by atoms with van der Waals surface area (Å²) in [6.45, 7) is 1.76. The van der Waals surface area contributed by atoms with E-state index in [1.807, 2.05) is 0 Å². The van der Waals surface area contributed by atoms with E-state index in [0.717, 1.165) is 19.3 Å². The predicted molar refractivity (Wildman–Crippen MR) is 59.0 cm³/mol. The fourth-order valence-electron chi connectivity index (χ4n) is 1.74. The lowest BCUT2D eigenvalue weighted by atomic mass is 10.3. The minimum absolute atomic E-state index is 0.00829. The van der Waals surface area contributed by atoms with E-state index in [0.29, 0.717) is 0 Å². The van der Waals surface area contributed by atoms with Crippen LogP contribution in [0.5, 0.6) is 0 Å². The van der Waals surface area contributed by atoms with Crippen molar-refractivity contribution >= 4 is 10.0 Å². The quantitative estimate of drug-likeness (QED) is 0.694. The molecule has 0 aromatic heterocycles. The normalized spacial score (nSPS) is 29.3. The Morgan fingerprint density at radius 3 is 2.67 bits per heavy atom. The summed E-state index contributed by atoms with van der Waals surface area (Å²) in [7, 11) is -1.60. The number of ether oxygens (including phenoxy) is 1. The maximum absolute atomic E-state index is 11.7. The van der Waals surface area contributed by atoms with Crippen LogP contribution in [0, 0.1) is 0 Å². The largest absolute Gasteiger partial charge is 0.381 e.